The topological polar surface area (TPSA) is 24.9 Å². The zero-order valence-corrected chi connectivity index (χ0v) is 15.7. The number of nitrogens with one attached hydrogen (secondary N) is 1. The third kappa shape index (κ3) is 4.16. The van der Waals surface area contributed by atoms with E-state index in [-0.39, 0.29) is 0 Å². The van der Waals surface area contributed by atoms with Gasteiger partial charge in [0.2, 0.25) is 0 Å². The zero-order valence-electron chi connectivity index (χ0n) is 14.1. The van der Waals surface area contributed by atoms with Crippen LogP contribution in [0.25, 0.3) is 11.3 Å². The predicted molar refractivity (Wildman–Crippen MR) is 106 cm³/mol. The summed E-state index contributed by atoms with van der Waals surface area (Å²) >= 11 is 7.77. The highest BCUT2D eigenvalue weighted by atomic mass is 35.5. The average molecular weight is 357 g/mol. The van der Waals surface area contributed by atoms with Crippen LogP contribution in [0.5, 0.6) is 0 Å². The molecular weight excluding hydrogens is 336 g/mol. The summed E-state index contributed by atoms with van der Waals surface area (Å²) < 4.78 is 0. The minimum absolute atomic E-state index is 0.673. The molecule has 2 nitrogen and oxygen atoms in total. The molecule has 0 bridgehead atoms. The van der Waals surface area contributed by atoms with E-state index in [1.165, 1.54) is 5.56 Å². The third-order valence-corrected chi connectivity index (χ3v) is 4.99. The van der Waals surface area contributed by atoms with E-state index in [9.17, 15) is 0 Å². The van der Waals surface area contributed by atoms with Gasteiger partial charge >= 0.3 is 0 Å². The van der Waals surface area contributed by atoms with Gasteiger partial charge in [-0.05, 0) is 42.5 Å². The Morgan fingerprint density at radius 3 is 2.54 bits per heavy atom. The molecule has 2 aromatic carbocycles. The summed E-state index contributed by atoms with van der Waals surface area (Å²) in [5.41, 5.74) is 5.55. The van der Waals surface area contributed by atoms with E-state index in [4.69, 9.17) is 11.6 Å². The Balaban J connectivity index is 1.74. The van der Waals surface area contributed by atoms with Gasteiger partial charge in [0, 0.05) is 21.7 Å². The van der Waals surface area contributed by atoms with Crippen LogP contribution in [-0.2, 0) is 6.42 Å². The number of hydrogen-bond acceptors (Lipinski definition) is 3. The van der Waals surface area contributed by atoms with E-state index >= 15 is 0 Å². The standard InChI is InChI=1S/C20H21ClN2S/c1-13(2)10-15-5-7-16(8-6-15)19-12-24-20(23-19)22-17-9-4-14(3)18(21)11-17/h4-9,11-13H,10H2,1-3H3,(H,22,23). The van der Waals surface area contributed by atoms with E-state index in [0.29, 0.717) is 5.92 Å². The van der Waals surface area contributed by atoms with Crippen molar-refractivity contribution < 1.29 is 0 Å². The first-order valence-electron chi connectivity index (χ1n) is 8.09. The molecule has 0 aliphatic rings. The highest BCUT2D eigenvalue weighted by Crippen LogP contribution is 2.29. The SMILES string of the molecule is Cc1ccc(Nc2nc(-c3ccc(CC(C)C)cc3)cs2)cc1Cl. The minimum atomic E-state index is 0.673. The van der Waals surface area contributed by atoms with E-state index < -0.39 is 0 Å². The molecule has 0 atom stereocenters. The van der Waals surface area contributed by atoms with Gasteiger partial charge < -0.3 is 5.32 Å². The zero-order chi connectivity index (χ0) is 17.1. The van der Waals surface area contributed by atoms with Crippen molar-refractivity contribution in [3.05, 3.63) is 64.0 Å². The molecule has 1 N–H and O–H groups in total. The molecular formula is C20H21ClN2S. The molecule has 0 radical (unpaired) electrons. The molecule has 0 spiro atoms. The van der Waals surface area contributed by atoms with Crippen molar-refractivity contribution in [2.24, 2.45) is 5.92 Å². The lowest BCUT2D eigenvalue weighted by molar-refractivity contribution is 0.647. The second kappa shape index (κ2) is 7.37. The Labute approximate surface area is 152 Å². The molecule has 0 fully saturated rings. The number of aryl methyl sites for hydroxylation is 1. The van der Waals surface area contributed by atoms with Gasteiger partial charge in [-0.2, -0.15) is 0 Å². The lowest BCUT2D eigenvalue weighted by Gasteiger charge is -2.06. The number of anilines is 2. The van der Waals surface area contributed by atoms with Crippen molar-refractivity contribution in [3.63, 3.8) is 0 Å². The van der Waals surface area contributed by atoms with Crippen molar-refractivity contribution in [1.82, 2.24) is 4.98 Å². The molecule has 0 unspecified atom stereocenters. The van der Waals surface area contributed by atoms with Crippen LogP contribution in [0.4, 0.5) is 10.8 Å². The number of aromatic nitrogens is 1. The van der Waals surface area contributed by atoms with Gasteiger partial charge in [0.25, 0.3) is 0 Å². The van der Waals surface area contributed by atoms with Gasteiger partial charge in [-0.1, -0.05) is 55.8 Å². The van der Waals surface area contributed by atoms with Crippen molar-refractivity contribution in [3.8, 4) is 11.3 Å². The highest BCUT2D eigenvalue weighted by Gasteiger charge is 2.06. The second-order valence-corrected chi connectivity index (χ2v) is 7.69. The van der Waals surface area contributed by atoms with Crippen LogP contribution in [0, 0.1) is 12.8 Å². The number of thiazole rings is 1. The summed E-state index contributed by atoms with van der Waals surface area (Å²) in [6.07, 6.45) is 1.11. The Kier molecular flexibility index (Phi) is 5.22. The molecule has 124 valence electrons. The number of nitrogens with zero attached hydrogens (tertiary/aromatic N) is 1. The molecule has 0 aliphatic carbocycles. The number of benzene rings is 2. The quantitative estimate of drug-likeness (QED) is 0.549. The fraction of sp³-hybridized carbons (Fsp3) is 0.250. The predicted octanol–water partition coefficient (Wildman–Crippen LogP) is 6.71. The second-order valence-electron chi connectivity index (χ2n) is 6.42. The summed E-state index contributed by atoms with van der Waals surface area (Å²) in [4.78, 5) is 4.68. The summed E-state index contributed by atoms with van der Waals surface area (Å²) in [5, 5.41) is 7.03. The van der Waals surface area contributed by atoms with Gasteiger partial charge in [0.15, 0.2) is 5.13 Å². The molecule has 4 heteroatoms. The molecule has 3 aromatic rings. The first-order chi connectivity index (χ1) is 11.5. The third-order valence-electron chi connectivity index (χ3n) is 3.82. The minimum Gasteiger partial charge on any atom is -0.331 e. The fourth-order valence-electron chi connectivity index (χ4n) is 2.54. The molecule has 0 saturated heterocycles. The maximum absolute atomic E-state index is 6.17. The van der Waals surface area contributed by atoms with E-state index in [0.717, 1.165) is 39.1 Å². The Bertz CT molecular complexity index is 822. The van der Waals surface area contributed by atoms with Gasteiger partial charge in [0.1, 0.15) is 0 Å². The summed E-state index contributed by atoms with van der Waals surface area (Å²) in [5.74, 6) is 0.673. The molecule has 1 aromatic heterocycles. The lowest BCUT2D eigenvalue weighted by atomic mass is 10.0. The van der Waals surface area contributed by atoms with Crippen LogP contribution >= 0.6 is 22.9 Å². The van der Waals surface area contributed by atoms with E-state index in [1.807, 2.05) is 25.1 Å². The van der Waals surface area contributed by atoms with Crippen molar-refractivity contribution >= 4 is 33.8 Å². The average Bonchev–Trinajstić information content (AvgIpc) is 3.00. The number of halogens is 1. The molecule has 0 aliphatic heterocycles. The van der Waals surface area contributed by atoms with Crippen LogP contribution < -0.4 is 5.32 Å². The largest absolute Gasteiger partial charge is 0.331 e. The summed E-state index contributed by atoms with van der Waals surface area (Å²) in [7, 11) is 0. The Morgan fingerprint density at radius 2 is 1.88 bits per heavy atom. The molecule has 0 saturated carbocycles. The summed E-state index contributed by atoms with van der Waals surface area (Å²) in [6, 6.07) is 14.6. The van der Waals surface area contributed by atoms with Gasteiger partial charge in [0.05, 0.1) is 5.69 Å². The first kappa shape index (κ1) is 17.0. The molecule has 3 rings (SSSR count). The van der Waals surface area contributed by atoms with Crippen LogP contribution in [0.2, 0.25) is 5.02 Å². The van der Waals surface area contributed by atoms with Crippen LogP contribution in [0.1, 0.15) is 25.0 Å². The Hall–Kier alpha value is -1.84. The van der Waals surface area contributed by atoms with Gasteiger partial charge in [-0.15, -0.1) is 11.3 Å². The maximum atomic E-state index is 6.17. The first-order valence-corrected chi connectivity index (χ1v) is 9.35. The van der Waals surface area contributed by atoms with Crippen molar-refractivity contribution in [2.75, 3.05) is 5.32 Å². The van der Waals surface area contributed by atoms with Crippen LogP contribution in [-0.4, -0.2) is 4.98 Å². The Morgan fingerprint density at radius 1 is 1.12 bits per heavy atom. The maximum Gasteiger partial charge on any atom is 0.187 e. The lowest BCUT2D eigenvalue weighted by Crippen LogP contribution is -1.93. The normalized spacial score (nSPS) is 11.0. The monoisotopic (exact) mass is 356 g/mol. The molecule has 0 amide bonds. The molecule has 1 heterocycles. The van der Waals surface area contributed by atoms with Crippen molar-refractivity contribution in [1.29, 1.82) is 0 Å². The van der Waals surface area contributed by atoms with E-state index in [1.54, 1.807) is 11.3 Å². The smallest absolute Gasteiger partial charge is 0.187 e. The van der Waals surface area contributed by atoms with Gasteiger partial charge in [-0.3, -0.25) is 0 Å². The highest BCUT2D eigenvalue weighted by molar-refractivity contribution is 7.14. The van der Waals surface area contributed by atoms with Gasteiger partial charge in [-0.25, -0.2) is 4.98 Å². The van der Waals surface area contributed by atoms with E-state index in [2.05, 4.69) is 53.8 Å². The number of rotatable bonds is 5. The number of hydrogen-bond donors (Lipinski definition) is 1. The van der Waals surface area contributed by atoms with Crippen LogP contribution in [0.3, 0.4) is 0 Å². The fourth-order valence-corrected chi connectivity index (χ4v) is 3.46. The summed E-state index contributed by atoms with van der Waals surface area (Å²) in [6.45, 7) is 6.48. The molecule has 24 heavy (non-hydrogen) atoms. The van der Waals surface area contributed by atoms with Crippen LogP contribution in [0.15, 0.2) is 47.8 Å². The van der Waals surface area contributed by atoms with Crippen molar-refractivity contribution in [2.45, 2.75) is 27.2 Å².